The third-order valence-electron chi connectivity index (χ3n) is 2.94. The Morgan fingerprint density at radius 2 is 1.94 bits per heavy atom. The smallest absolute Gasteiger partial charge is 0.423 e. The molecule has 17 heavy (non-hydrogen) atoms. The Bertz CT molecular complexity index is 393. The molecule has 1 aromatic heterocycles. The van der Waals surface area contributed by atoms with Crippen molar-refractivity contribution >= 4 is 24.2 Å². The van der Waals surface area contributed by atoms with Crippen molar-refractivity contribution in [2.75, 3.05) is 0 Å². The van der Waals surface area contributed by atoms with Crippen LogP contribution in [0.4, 0.5) is 0 Å². The summed E-state index contributed by atoms with van der Waals surface area (Å²) in [6.45, 7) is 6.62. The van der Waals surface area contributed by atoms with Gasteiger partial charge in [0.2, 0.25) is 0 Å². The van der Waals surface area contributed by atoms with Gasteiger partial charge in [-0.3, -0.25) is 4.98 Å². The van der Waals surface area contributed by atoms with Crippen molar-refractivity contribution < 1.29 is 14.8 Å². The van der Waals surface area contributed by atoms with Crippen LogP contribution in [0.5, 0.6) is 0 Å². The fraction of sp³-hybridized carbons (Fsp3) is 0.545. The number of nitrogens with zero attached hydrogens (tertiary/aromatic N) is 1. The van der Waals surface area contributed by atoms with Gasteiger partial charge in [0.1, 0.15) is 0 Å². The maximum atomic E-state index is 9.94. The monoisotopic (exact) mass is 257 g/mol. The molecule has 0 spiro atoms. The number of aromatic nitrogens is 1. The number of pyridine rings is 1. The van der Waals surface area contributed by atoms with Crippen molar-refractivity contribution in [3.05, 3.63) is 23.5 Å². The van der Waals surface area contributed by atoms with E-state index >= 15 is 0 Å². The van der Waals surface area contributed by atoms with Crippen molar-refractivity contribution in [2.24, 2.45) is 0 Å². The lowest BCUT2D eigenvalue weighted by Crippen LogP contribution is -2.53. The van der Waals surface area contributed by atoms with E-state index in [2.05, 4.69) is 4.98 Å². The molecule has 0 unspecified atom stereocenters. The van der Waals surface area contributed by atoms with Crippen LogP contribution in [0.25, 0.3) is 0 Å². The Kier molecular flexibility index (Phi) is 4.20. The highest BCUT2D eigenvalue weighted by Crippen LogP contribution is 2.25. The van der Waals surface area contributed by atoms with Gasteiger partial charge >= 0.3 is 7.12 Å². The summed E-state index contributed by atoms with van der Waals surface area (Å²) < 4.78 is 5.45. The summed E-state index contributed by atoms with van der Waals surface area (Å²) in [5.74, 6) is 0. The molecule has 0 aliphatic carbocycles. The lowest BCUT2D eigenvalue weighted by atomic mass is 9.77. The lowest BCUT2D eigenvalue weighted by Gasteiger charge is -2.38. The van der Waals surface area contributed by atoms with Gasteiger partial charge < -0.3 is 14.8 Å². The highest BCUT2D eigenvalue weighted by molar-refractivity contribution is 6.63. The van der Waals surface area contributed by atoms with Crippen LogP contribution in [0.2, 0.25) is 5.02 Å². The molecule has 1 rings (SSSR count). The molecule has 0 aliphatic heterocycles. The maximum Gasteiger partial charge on any atom is 0.494 e. The third-order valence-corrected chi connectivity index (χ3v) is 3.29. The Labute approximate surface area is 107 Å². The van der Waals surface area contributed by atoms with Gasteiger partial charge in [-0.1, -0.05) is 11.6 Å². The molecule has 6 heteroatoms. The Morgan fingerprint density at radius 3 is 2.41 bits per heavy atom. The van der Waals surface area contributed by atoms with E-state index in [4.69, 9.17) is 16.3 Å². The van der Waals surface area contributed by atoms with Crippen LogP contribution < -0.4 is 5.46 Å². The van der Waals surface area contributed by atoms with Crippen LogP contribution in [-0.4, -0.2) is 33.4 Å². The van der Waals surface area contributed by atoms with E-state index < -0.39 is 18.3 Å². The number of hydrogen-bond acceptors (Lipinski definition) is 4. The molecular weight excluding hydrogens is 240 g/mol. The number of halogens is 1. The molecule has 0 saturated carbocycles. The van der Waals surface area contributed by atoms with Crippen LogP contribution in [0.3, 0.4) is 0 Å². The second-order valence-corrected chi connectivity index (χ2v) is 5.34. The van der Waals surface area contributed by atoms with Crippen LogP contribution in [-0.2, 0) is 4.65 Å². The molecular formula is C11H17BClNO3. The largest absolute Gasteiger partial charge is 0.494 e. The minimum absolute atomic E-state index is 0.374. The summed E-state index contributed by atoms with van der Waals surface area (Å²) in [7, 11) is -1.22. The average molecular weight is 258 g/mol. The first kappa shape index (κ1) is 14.4. The molecule has 1 heterocycles. The first-order valence-corrected chi connectivity index (χ1v) is 5.70. The van der Waals surface area contributed by atoms with Crippen LogP contribution in [0, 0.1) is 0 Å². The predicted molar refractivity (Wildman–Crippen MR) is 68.3 cm³/mol. The molecule has 0 fully saturated rings. The van der Waals surface area contributed by atoms with E-state index in [0.717, 1.165) is 0 Å². The SMILES string of the molecule is CC(C)(O)C(C)(C)OB(O)c1cnccc1Cl. The zero-order chi connectivity index (χ0) is 13.3. The van der Waals surface area contributed by atoms with Gasteiger partial charge in [-0.2, -0.15) is 0 Å². The second-order valence-electron chi connectivity index (χ2n) is 4.94. The van der Waals surface area contributed by atoms with Gasteiger partial charge in [0.05, 0.1) is 11.2 Å². The molecule has 1 aromatic rings. The zero-order valence-electron chi connectivity index (χ0n) is 10.4. The van der Waals surface area contributed by atoms with Crippen LogP contribution in [0.1, 0.15) is 27.7 Å². The van der Waals surface area contributed by atoms with Gasteiger partial charge in [-0.25, -0.2) is 0 Å². The quantitative estimate of drug-likeness (QED) is 0.790. The van der Waals surface area contributed by atoms with E-state index in [-0.39, 0.29) is 0 Å². The highest BCUT2D eigenvalue weighted by atomic mass is 35.5. The first-order valence-electron chi connectivity index (χ1n) is 5.33. The van der Waals surface area contributed by atoms with E-state index in [1.807, 2.05) is 0 Å². The summed E-state index contributed by atoms with van der Waals surface area (Å²) in [5.41, 5.74) is -1.64. The summed E-state index contributed by atoms with van der Waals surface area (Å²) in [6.07, 6.45) is 2.97. The topological polar surface area (TPSA) is 62.6 Å². The van der Waals surface area contributed by atoms with E-state index in [1.54, 1.807) is 33.8 Å². The molecule has 0 aliphatic rings. The number of rotatable bonds is 4. The molecule has 0 saturated heterocycles. The van der Waals surface area contributed by atoms with Gasteiger partial charge in [0.25, 0.3) is 0 Å². The van der Waals surface area contributed by atoms with Crippen LogP contribution >= 0.6 is 11.6 Å². The lowest BCUT2D eigenvalue weighted by molar-refractivity contribution is -0.0982. The molecule has 4 nitrogen and oxygen atoms in total. The molecule has 0 aromatic carbocycles. The third kappa shape index (κ3) is 3.42. The Morgan fingerprint density at radius 1 is 1.35 bits per heavy atom. The number of hydrogen-bond donors (Lipinski definition) is 2. The van der Waals surface area contributed by atoms with Crippen LogP contribution in [0.15, 0.2) is 18.5 Å². The molecule has 0 radical (unpaired) electrons. The summed E-state index contributed by atoms with van der Waals surface area (Å²) in [5, 5.41) is 20.2. The van der Waals surface area contributed by atoms with Gasteiger partial charge in [0.15, 0.2) is 0 Å². The molecule has 0 bridgehead atoms. The van der Waals surface area contributed by atoms with E-state index in [0.29, 0.717) is 10.5 Å². The molecule has 0 amide bonds. The van der Waals surface area contributed by atoms with Gasteiger partial charge in [-0.15, -0.1) is 0 Å². The minimum atomic E-state index is -1.22. The summed E-state index contributed by atoms with van der Waals surface area (Å²) >= 11 is 5.92. The molecule has 94 valence electrons. The summed E-state index contributed by atoms with van der Waals surface area (Å²) in [6, 6.07) is 1.57. The standard InChI is InChI=1S/C11H17BClNO3/c1-10(2,15)11(3,4)17-12(16)8-7-14-6-5-9(8)13/h5-7,15-16H,1-4H3. The van der Waals surface area contributed by atoms with E-state index in [9.17, 15) is 10.1 Å². The van der Waals surface area contributed by atoms with Crippen molar-refractivity contribution in [1.29, 1.82) is 0 Å². The van der Waals surface area contributed by atoms with Crippen molar-refractivity contribution in [1.82, 2.24) is 4.98 Å². The zero-order valence-corrected chi connectivity index (χ0v) is 11.2. The average Bonchev–Trinajstić information content (AvgIpc) is 2.15. The molecule has 0 atom stereocenters. The van der Waals surface area contributed by atoms with Crippen molar-refractivity contribution in [3.63, 3.8) is 0 Å². The highest BCUT2D eigenvalue weighted by Gasteiger charge is 2.40. The Hall–Kier alpha value is -0.615. The Balaban J connectivity index is 2.87. The van der Waals surface area contributed by atoms with Crippen molar-refractivity contribution in [2.45, 2.75) is 38.9 Å². The molecule has 2 N–H and O–H groups in total. The second kappa shape index (κ2) is 4.94. The van der Waals surface area contributed by atoms with Crippen molar-refractivity contribution in [3.8, 4) is 0 Å². The minimum Gasteiger partial charge on any atom is -0.423 e. The predicted octanol–water partition coefficient (Wildman–Crippen LogP) is 0.989. The maximum absolute atomic E-state index is 9.94. The normalized spacial score (nSPS) is 12.6. The van der Waals surface area contributed by atoms with E-state index in [1.165, 1.54) is 12.4 Å². The number of aliphatic hydroxyl groups is 1. The first-order chi connectivity index (χ1) is 7.65. The fourth-order valence-corrected chi connectivity index (χ4v) is 1.26. The van der Waals surface area contributed by atoms with Gasteiger partial charge in [0, 0.05) is 22.9 Å². The summed E-state index contributed by atoms with van der Waals surface area (Å²) in [4.78, 5) is 3.87. The fourth-order valence-electron chi connectivity index (χ4n) is 1.06. The van der Waals surface area contributed by atoms with Gasteiger partial charge in [-0.05, 0) is 33.8 Å².